The van der Waals surface area contributed by atoms with E-state index in [0.717, 1.165) is 28.4 Å². The Morgan fingerprint density at radius 1 is 1.24 bits per heavy atom. The summed E-state index contributed by atoms with van der Waals surface area (Å²) < 4.78 is 28.6. The molecule has 0 atom stereocenters. The van der Waals surface area contributed by atoms with Gasteiger partial charge in [0.2, 0.25) is 5.13 Å². The van der Waals surface area contributed by atoms with Crippen LogP contribution in [0.5, 0.6) is 0 Å². The fourth-order valence-corrected chi connectivity index (χ4v) is 3.48. The number of benzene rings is 1. The smallest absolute Gasteiger partial charge is 0.409 e. The lowest BCUT2D eigenvalue weighted by Crippen LogP contribution is -2.30. The van der Waals surface area contributed by atoms with Crippen LogP contribution in [0.3, 0.4) is 0 Å². The Kier molecular flexibility index (Phi) is 3.03. The first kappa shape index (κ1) is 13.7. The van der Waals surface area contributed by atoms with Crippen molar-refractivity contribution < 1.29 is 12.8 Å². The molecule has 2 aromatic heterocycles. The molecule has 0 fully saturated rings. The van der Waals surface area contributed by atoms with Crippen molar-refractivity contribution in [1.82, 2.24) is 9.55 Å². The van der Waals surface area contributed by atoms with Crippen molar-refractivity contribution in [2.45, 2.75) is 4.21 Å². The van der Waals surface area contributed by atoms with Crippen molar-refractivity contribution in [2.24, 2.45) is 0 Å². The quantitative estimate of drug-likeness (QED) is 0.691. The van der Waals surface area contributed by atoms with Gasteiger partial charge in [0, 0.05) is 6.26 Å². The number of hydrogen-bond acceptors (Lipinski definition) is 7. The van der Waals surface area contributed by atoms with Crippen molar-refractivity contribution in [3.05, 3.63) is 51.4 Å². The molecule has 0 aliphatic carbocycles. The molecule has 1 aromatic carbocycles. The van der Waals surface area contributed by atoms with Crippen LogP contribution in [0.15, 0.2) is 48.7 Å². The number of aromatic nitrogens is 2. The number of para-hydroxylation sites is 1. The van der Waals surface area contributed by atoms with E-state index in [-0.39, 0.29) is 20.3 Å². The largest absolute Gasteiger partial charge is 0.428 e. The molecule has 3 rings (SSSR count). The first-order valence-corrected chi connectivity index (χ1v) is 8.40. The maximum absolute atomic E-state index is 12.3. The van der Waals surface area contributed by atoms with Gasteiger partial charge in [0.25, 0.3) is 5.56 Å². The lowest BCUT2D eigenvalue weighted by atomic mass is 10.2. The molecule has 0 radical (unpaired) electrons. The summed E-state index contributed by atoms with van der Waals surface area (Å²) in [5.74, 6) is -0.909. The van der Waals surface area contributed by atoms with Gasteiger partial charge >= 0.3 is 5.76 Å². The zero-order valence-electron chi connectivity index (χ0n) is 10.6. The third-order valence-corrected chi connectivity index (χ3v) is 5.50. The Balaban J connectivity index is 2.33. The molecule has 2 heterocycles. The summed E-state index contributed by atoms with van der Waals surface area (Å²) in [5, 5.41) is 0.174. The number of fused-ring (bicyclic) bond motifs is 1. The fraction of sp³-hybridized carbons (Fsp3) is 0.0833. The Morgan fingerprint density at radius 3 is 2.62 bits per heavy atom. The standard InChI is InChI=1S/C12H8N2O5S2/c1-21(17,18)9-6-13-11(20-9)14-10(15)7-4-2-3-5-8(7)19-12(14)16/h2-6H,1H3. The molecule has 0 saturated carbocycles. The number of hydrogen-bond donors (Lipinski definition) is 0. The van der Waals surface area contributed by atoms with Crippen LogP contribution in [0.4, 0.5) is 0 Å². The summed E-state index contributed by atoms with van der Waals surface area (Å²) in [6.07, 6.45) is 2.13. The molecule has 3 aromatic rings. The van der Waals surface area contributed by atoms with E-state index in [1.165, 1.54) is 12.1 Å². The average molecular weight is 324 g/mol. The van der Waals surface area contributed by atoms with Crippen molar-refractivity contribution in [1.29, 1.82) is 0 Å². The minimum absolute atomic E-state index is 0.0306. The Hall–Kier alpha value is -2.26. The van der Waals surface area contributed by atoms with E-state index >= 15 is 0 Å². The van der Waals surface area contributed by atoms with E-state index < -0.39 is 21.2 Å². The predicted octanol–water partition coefficient (Wildman–Crippen LogP) is 0.804. The summed E-state index contributed by atoms with van der Waals surface area (Å²) in [4.78, 5) is 28.1. The molecule has 0 amide bonds. The topological polar surface area (TPSA) is 99.2 Å². The minimum Gasteiger partial charge on any atom is -0.409 e. The highest BCUT2D eigenvalue weighted by Crippen LogP contribution is 2.20. The highest BCUT2D eigenvalue weighted by atomic mass is 32.2. The molecule has 9 heteroatoms. The molecule has 0 N–H and O–H groups in total. The van der Waals surface area contributed by atoms with Crippen molar-refractivity contribution in [2.75, 3.05) is 6.26 Å². The lowest BCUT2D eigenvalue weighted by molar-refractivity contribution is 0.503. The lowest BCUT2D eigenvalue weighted by Gasteiger charge is -2.00. The molecule has 0 aliphatic rings. The predicted molar refractivity (Wildman–Crippen MR) is 76.9 cm³/mol. The van der Waals surface area contributed by atoms with Crippen molar-refractivity contribution in [3.8, 4) is 5.13 Å². The second-order valence-electron chi connectivity index (χ2n) is 4.24. The first-order chi connectivity index (χ1) is 9.88. The summed E-state index contributed by atoms with van der Waals surface area (Å²) in [6.45, 7) is 0. The summed E-state index contributed by atoms with van der Waals surface area (Å²) in [7, 11) is -3.45. The molecular weight excluding hydrogens is 316 g/mol. The third-order valence-electron chi connectivity index (χ3n) is 2.73. The number of nitrogens with zero attached hydrogens (tertiary/aromatic N) is 2. The van der Waals surface area contributed by atoms with Crippen LogP contribution in [0.1, 0.15) is 0 Å². The van der Waals surface area contributed by atoms with Gasteiger partial charge in [0.15, 0.2) is 9.84 Å². The van der Waals surface area contributed by atoms with Crippen molar-refractivity contribution in [3.63, 3.8) is 0 Å². The van der Waals surface area contributed by atoms with E-state index in [1.54, 1.807) is 12.1 Å². The molecule has 0 saturated heterocycles. The van der Waals surface area contributed by atoms with Gasteiger partial charge in [-0.3, -0.25) is 4.79 Å². The molecule has 108 valence electrons. The number of rotatable bonds is 2. The zero-order chi connectivity index (χ0) is 15.2. The van der Waals surface area contributed by atoms with Crippen LogP contribution in [0, 0.1) is 0 Å². The van der Waals surface area contributed by atoms with Gasteiger partial charge in [-0.2, -0.15) is 4.57 Å². The van der Waals surface area contributed by atoms with Crippen LogP contribution < -0.4 is 11.3 Å². The SMILES string of the molecule is CS(=O)(=O)c1cnc(-n2c(=O)oc3ccccc3c2=O)s1. The van der Waals surface area contributed by atoms with Crippen LogP contribution in [-0.4, -0.2) is 24.2 Å². The van der Waals surface area contributed by atoms with Crippen LogP contribution >= 0.6 is 11.3 Å². The Bertz CT molecular complexity index is 1060. The average Bonchev–Trinajstić information content (AvgIpc) is 2.88. The molecule has 0 spiro atoms. The van der Waals surface area contributed by atoms with Gasteiger partial charge in [-0.25, -0.2) is 18.2 Å². The highest BCUT2D eigenvalue weighted by Gasteiger charge is 2.17. The number of thiazole rings is 1. The van der Waals surface area contributed by atoms with E-state index in [2.05, 4.69) is 4.98 Å². The molecule has 0 aliphatic heterocycles. The molecule has 0 bridgehead atoms. The number of sulfone groups is 1. The van der Waals surface area contributed by atoms with E-state index in [4.69, 9.17) is 4.42 Å². The van der Waals surface area contributed by atoms with Gasteiger partial charge < -0.3 is 4.42 Å². The minimum atomic E-state index is -3.45. The maximum Gasteiger partial charge on any atom is 0.428 e. The summed E-state index contributed by atoms with van der Waals surface area (Å²) >= 11 is 0.734. The van der Waals surface area contributed by atoms with Gasteiger partial charge in [-0.15, -0.1) is 0 Å². The maximum atomic E-state index is 12.3. The van der Waals surface area contributed by atoms with E-state index in [0.29, 0.717) is 0 Å². The van der Waals surface area contributed by atoms with Gasteiger partial charge in [-0.05, 0) is 12.1 Å². The van der Waals surface area contributed by atoms with E-state index in [1.807, 2.05) is 0 Å². The second-order valence-corrected chi connectivity index (χ2v) is 7.49. The van der Waals surface area contributed by atoms with Gasteiger partial charge in [0.1, 0.15) is 9.79 Å². The van der Waals surface area contributed by atoms with Gasteiger partial charge in [0.05, 0.1) is 11.6 Å². The Labute approximate surface area is 122 Å². The fourth-order valence-electron chi connectivity index (χ4n) is 1.77. The first-order valence-electron chi connectivity index (χ1n) is 5.69. The van der Waals surface area contributed by atoms with Crippen LogP contribution in [-0.2, 0) is 9.84 Å². The molecule has 0 unspecified atom stereocenters. The summed E-state index contributed by atoms with van der Waals surface area (Å²) in [5.41, 5.74) is -0.431. The van der Waals surface area contributed by atoms with Crippen LogP contribution in [0.25, 0.3) is 16.1 Å². The Morgan fingerprint density at radius 2 is 1.95 bits per heavy atom. The second kappa shape index (κ2) is 4.64. The monoisotopic (exact) mass is 324 g/mol. The third kappa shape index (κ3) is 2.30. The normalized spacial score (nSPS) is 11.9. The zero-order valence-corrected chi connectivity index (χ0v) is 12.3. The molecule has 21 heavy (non-hydrogen) atoms. The van der Waals surface area contributed by atoms with E-state index in [9.17, 15) is 18.0 Å². The van der Waals surface area contributed by atoms with Crippen molar-refractivity contribution >= 4 is 32.1 Å². The highest BCUT2D eigenvalue weighted by molar-refractivity contribution is 7.92. The molecule has 7 nitrogen and oxygen atoms in total. The van der Waals surface area contributed by atoms with Gasteiger partial charge in [-0.1, -0.05) is 23.5 Å². The van der Waals surface area contributed by atoms with Crippen LogP contribution in [0.2, 0.25) is 0 Å². The summed E-state index contributed by atoms with van der Waals surface area (Å²) in [6, 6.07) is 6.30. The molecular formula is C12H8N2O5S2.